The maximum Gasteiger partial charge on any atom is 0.253 e. The molecule has 5 nitrogen and oxygen atoms in total. The number of carbonyl (C=O) groups excluding carboxylic acids is 1. The number of benzene rings is 1. The van der Waals surface area contributed by atoms with Crippen LogP contribution in [-0.4, -0.2) is 36.9 Å². The predicted octanol–water partition coefficient (Wildman–Crippen LogP) is 2.35. The molecule has 24 heavy (non-hydrogen) atoms. The van der Waals surface area contributed by atoms with Gasteiger partial charge in [-0.3, -0.25) is 4.79 Å². The first-order chi connectivity index (χ1) is 11.5. The molecular weight excluding hydrogens is 324 g/mol. The molecule has 1 aliphatic heterocycles. The van der Waals surface area contributed by atoms with Crippen molar-refractivity contribution in [1.82, 2.24) is 10.3 Å². The summed E-state index contributed by atoms with van der Waals surface area (Å²) in [6.07, 6.45) is 6.22. The molecule has 1 atom stereocenters. The Bertz CT molecular complexity index is 898. The minimum Gasteiger partial charge on any atom is -0.358 e. The lowest BCUT2D eigenvalue weighted by Gasteiger charge is -2.11. The second kappa shape index (κ2) is 5.92. The second-order valence-corrected chi connectivity index (χ2v) is 9.17. The Morgan fingerprint density at radius 2 is 2.00 bits per heavy atom. The highest BCUT2D eigenvalue weighted by atomic mass is 32.2. The molecule has 1 aliphatic carbocycles. The Hall–Kier alpha value is -1.82. The maximum absolute atomic E-state index is 12.7. The third kappa shape index (κ3) is 2.83. The van der Waals surface area contributed by atoms with Crippen LogP contribution in [0, 0.1) is 0 Å². The fraction of sp³-hybridized carbons (Fsp3) is 0.500. The number of H-pyrrole nitrogens is 1. The smallest absolute Gasteiger partial charge is 0.253 e. The molecule has 0 unspecified atom stereocenters. The van der Waals surface area contributed by atoms with Gasteiger partial charge in [-0.25, -0.2) is 8.42 Å². The first kappa shape index (κ1) is 15.7. The number of aromatic nitrogens is 1. The Morgan fingerprint density at radius 3 is 2.79 bits per heavy atom. The van der Waals surface area contributed by atoms with Gasteiger partial charge in [-0.15, -0.1) is 0 Å². The summed E-state index contributed by atoms with van der Waals surface area (Å²) in [4.78, 5) is 16.1. The zero-order valence-corrected chi connectivity index (χ0v) is 14.4. The lowest BCUT2D eigenvalue weighted by atomic mass is 10.0. The summed E-state index contributed by atoms with van der Waals surface area (Å²) in [5.41, 5.74) is 4.11. The average molecular weight is 346 g/mol. The van der Waals surface area contributed by atoms with Crippen molar-refractivity contribution in [2.24, 2.45) is 0 Å². The standard InChI is InChI=1S/C18H22N2O3S/c21-18(19-12-9-10-24(22,23)11-12)15-7-4-6-14-13-5-2-1-3-8-16(13)20-17(14)15/h4,6-7,12,20H,1-3,5,8-11H2,(H,19,21)/t12-/m1/s1. The molecule has 4 rings (SSSR count). The Balaban J connectivity index is 1.66. The van der Waals surface area contributed by atoms with Gasteiger partial charge < -0.3 is 10.3 Å². The molecule has 2 aliphatic rings. The maximum atomic E-state index is 12.7. The SMILES string of the molecule is O=C(N[C@@H]1CCS(=O)(=O)C1)c1cccc2c3c([nH]c12)CCCCC3. The molecule has 0 radical (unpaired) electrons. The van der Waals surface area contributed by atoms with E-state index in [1.807, 2.05) is 12.1 Å². The van der Waals surface area contributed by atoms with E-state index in [1.54, 1.807) is 0 Å². The normalized spacial score (nSPS) is 22.9. The van der Waals surface area contributed by atoms with Crippen LogP contribution in [0.4, 0.5) is 0 Å². The van der Waals surface area contributed by atoms with Gasteiger partial charge in [0.25, 0.3) is 5.91 Å². The molecule has 1 amide bonds. The van der Waals surface area contributed by atoms with Crippen molar-refractivity contribution in [3.8, 4) is 0 Å². The van der Waals surface area contributed by atoms with Crippen LogP contribution in [0.1, 0.15) is 47.3 Å². The zero-order valence-electron chi connectivity index (χ0n) is 13.6. The van der Waals surface area contributed by atoms with Crippen molar-refractivity contribution in [2.75, 3.05) is 11.5 Å². The molecule has 1 fully saturated rings. The summed E-state index contributed by atoms with van der Waals surface area (Å²) in [6, 6.07) is 5.54. The van der Waals surface area contributed by atoms with Crippen molar-refractivity contribution in [3.63, 3.8) is 0 Å². The summed E-state index contributed by atoms with van der Waals surface area (Å²) in [7, 11) is -2.99. The van der Waals surface area contributed by atoms with Crippen LogP contribution < -0.4 is 5.32 Å². The lowest BCUT2D eigenvalue weighted by Crippen LogP contribution is -2.35. The van der Waals surface area contributed by atoms with Crippen LogP contribution in [0.15, 0.2) is 18.2 Å². The molecule has 128 valence electrons. The van der Waals surface area contributed by atoms with Gasteiger partial charge in [0.2, 0.25) is 0 Å². The van der Waals surface area contributed by atoms with Crippen LogP contribution >= 0.6 is 0 Å². The third-order valence-corrected chi connectivity index (χ3v) is 6.96. The number of nitrogens with one attached hydrogen (secondary N) is 2. The van der Waals surface area contributed by atoms with Gasteiger partial charge in [-0.2, -0.15) is 0 Å². The molecule has 0 bridgehead atoms. The molecule has 1 aromatic heterocycles. The van der Waals surface area contributed by atoms with Gasteiger partial charge in [0.05, 0.1) is 22.6 Å². The molecule has 6 heteroatoms. The summed E-state index contributed by atoms with van der Waals surface area (Å²) >= 11 is 0. The fourth-order valence-corrected chi connectivity index (χ4v) is 5.64. The summed E-state index contributed by atoms with van der Waals surface area (Å²) in [5.74, 6) is 0.0358. The highest BCUT2D eigenvalue weighted by molar-refractivity contribution is 7.91. The lowest BCUT2D eigenvalue weighted by molar-refractivity contribution is 0.0942. The minimum atomic E-state index is -2.99. The second-order valence-electron chi connectivity index (χ2n) is 6.94. The van der Waals surface area contributed by atoms with E-state index >= 15 is 0 Å². The quantitative estimate of drug-likeness (QED) is 0.819. The predicted molar refractivity (Wildman–Crippen MR) is 94.1 cm³/mol. The van der Waals surface area contributed by atoms with Crippen LogP contribution in [0.5, 0.6) is 0 Å². The highest BCUT2D eigenvalue weighted by Gasteiger charge is 2.29. The summed E-state index contributed by atoms with van der Waals surface area (Å²) in [5, 5.41) is 4.04. The molecule has 2 heterocycles. The van der Waals surface area contributed by atoms with Crippen LogP contribution in [-0.2, 0) is 22.7 Å². The number of aromatic amines is 1. The first-order valence-electron chi connectivity index (χ1n) is 8.67. The third-order valence-electron chi connectivity index (χ3n) is 5.20. The summed E-state index contributed by atoms with van der Waals surface area (Å²) < 4.78 is 23.2. The van der Waals surface area contributed by atoms with Gasteiger partial charge in [-0.1, -0.05) is 18.6 Å². The van der Waals surface area contributed by atoms with E-state index in [9.17, 15) is 13.2 Å². The molecule has 0 saturated carbocycles. The van der Waals surface area contributed by atoms with Crippen molar-refractivity contribution >= 4 is 26.6 Å². The van der Waals surface area contributed by atoms with Crippen molar-refractivity contribution in [1.29, 1.82) is 0 Å². The average Bonchev–Trinajstić information content (AvgIpc) is 2.97. The number of hydrogen-bond donors (Lipinski definition) is 2. The van der Waals surface area contributed by atoms with Crippen LogP contribution in [0.2, 0.25) is 0 Å². The monoisotopic (exact) mass is 346 g/mol. The van der Waals surface area contributed by atoms with Crippen LogP contribution in [0.25, 0.3) is 10.9 Å². The van der Waals surface area contributed by atoms with E-state index in [0.717, 1.165) is 23.7 Å². The number of para-hydroxylation sites is 1. The number of rotatable bonds is 2. The molecule has 1 saturated heterocycles. The Kier molecular flexibility index (Phi) is 3.87. The van der Waals surface area contributed by atoms with E-state index in [2.05, 4.69) is 16.4 Å². The molecule has 1 aromatic carbocycles. The van der Waals surface area contributed by atoms with E-state index in [-0.39, 0.29) is 23.5 Å². The largest absolute Gasteiger partial charge is 0.358 e. The van der Waals surface area contributed by atoms with E-state index in [4.69, 9.17) is 0 Å². The number of carbonyl (C=O) groups is 1. The molecular formula is C18H22N2O3S. The summed E-state index contributed by atoms with van der Waals surface area (Å²) in [6.45, 7) is 0. The first-order valence-corrected chi connectivity index (χ1v) is 10.5. The van der Waals surface area contributed by atoms with Crippen molar-refractivity contribution in [2.45, 2.75) is 44.6 Å². The van der Waals surface area contributed by atoms with Gasteiger partial charge >= 0.3 is 0 Å². The topological polar surface area (TPSA) is 79.0 Å². The Morgan fingerprint density at radius 1 is 1.17 bits per heavy atom. The number of fused-ring (bicyclic) bond motifs is 3. The molecule has 2 aromatic rings. The fourth-order valence-electron chi connectivity index (χ4n) is 3.97. The number of aryl methyl sites for hydroxylation is 2. The highest BCUT2D eigenvalue weighted by Crippen LogP contribution is 2.30. The minimum absolute atomic E-state index is 0.0515. The van der Waals surface area contributed by atoms with E-state index in [0.29, 0.717) is 12.0 Å². The Labute approximate surface area is 141 Å². The zero-order chi connectivity index (χ0) is 16.7. The number of sulfone groups is 1. The van der Waals surface area contributed by atoms with Crippen LogP contribution in [0.3, 0.4) is 0 Å². The van der Waals surface area contributed by atoms with Crippen molar-refractivity contribution < 1.29 is 13.2 Å². The number of amides is 1. The van der Waals surface area contributed by atoms with E-state index < -0.39 is 9.84 Å². The number of hydrogen-bond acceptors (Lipinski definition) is 3. The van der Waals surface area contributed by atoms with Gasteiger partial charge in [0.15, 0.2) is 9.84 Å². The molecule has 0 spiro atoms. The van der Waals surface area contributed by atoms with Gasteiger partial charge in [0, 0.05) is 17.1 Å². The van der Waals surface area contributed by atoms with Gasteiger partial charge in [-0.05, 0) is 43.7 Å². The molecule has 2 N–H and O–H groups in total. The van der Waals surface area contributed by atoms with Gasteiger partial charge in [0.1, 0.15) is 0 Å². The van der Waals surface area contributed by atoms with Crippen molar-refractivity contribution in [3.05, 3.63) is 35.0 Å². The van der Waals surface area contributed by atoms with E-state index in [1.165, 1.54) is 30.5 Å².